The zero-order chi connectivity index (χ0) is 35.6. The lowest BCUT2D eigenvalue weighted by molar-refractivity contribution is 0.655. The van der Waals surface area contributed by atoms with Gasteiger partial charge in [-0.1, -0.05) is 146 Å². The van der Waals surface area contributed by atoms with Crippen LogP contribution >= 0.6 is 0 Å². The molecule has 5 heteroatoms. The third kappa shape index (κ3) is 4.83. The smallest absolute Gasteiger partial charge is 0.228 e. The Hall–Kier alpha value is -7.37. The molecule has 5 nitrogen and oxygen atoms in total. The van der Waals surface area contributed by atoms with Crippen LogP contribution in [0.2, 0.25) is 0 Å². The van der Waals surface area contributed by atoms with Crippen molar-refractivity contribution in [2.75, 3.05) is 0 Å². The zero-order valence-electron chi connectivity index (χ0n) is 29.0. The van der Waals surface area contributed by atoms with Crippen molar-refractivity contribution in [3.63, 3.8) is 0 Å². The van der Waals surface area contributed by atoms with E-state index >= 15 is 0 Å². The standard InChI is InChI=1S/C49H30N4O/c1-2-12-34(13-3-1)48-50-41(30-42(51-48)32-26-28-35(29-27-32)53-43-19-9-6-14-36(43)37-15-7-10-20-44(37)53)31-22-24-33(25-23-31)47-39-17-5-4-16-38(39)46-40-18-8-11-21-45(40)54-49(46)52-47/h1-30H. The number of fused-ring (bicyclic) bond motifs is 8. The van der Waals surface area contributed by atoms with Crippen LogP contribution in [0.3, 0.4) is 0 Å². The number of furan rings is 1. The van der Waals surface area contributed by atoms with Gasteiger partial charge >= 0.3 is 0 Å². The molecule has 0 aliphatic rings. The van der Waals surface area contributed by atoms with Crippen LogP contribution in [0.15, 0.2) is 186 Å². The number of benzene rings is 7. The number of rotatable bonds is 5. The van der Waals surface area contributed by atoms with Crippen LogP contribution in [0, 0.1) is 0 Å². The molecule has 0 spiro atoms. The highest BCUT2D eigenvalue weighted by Crippen LogP contribution is 2.39. The van der Waals surface area contributed by atoms with E-state index in [1.54, 1.807) is 0 Å². The van der Waals surface area contributed by atoms with Crippen LogP contribution in [0.5, 0.6) is 0 Å². The third-order valence-electron chi connectivity index (χ3n) is 10.5. The Kier molecular flexibility index (Phi) is 6.79. The van der Waals surface area contributed by atoms with Gasteiger partial charge in [0.15, 0.2) is 5.82 Å². The summed E-state index contributed by atoms with van der Waals surface area (Å²) in [6, 6.07) is 63.2. The van der Waals surface area contributed by atoms with E-state index in [9.17, 15) is 0 Å². The molecule has 0 unspecified atom stereocenters. The molecule has 0 amide bonds. The molecule has 11 rings (SSSR count). The van der Waals surface area contributed by atoms with Gasteiger partial charge in [-0.3, -0.25) is 0 Å². The summed E-state index contributed by atoms with van der Waals surface area (Å²) in [5.74, 6) is 0.682. The maximum Gasteiger partial charge on any atom is 0.228 e. The maximum absolute atomic E-state index is 6.26. The summed E-state index contributed by atoms with van der Waals surface area (Å²) >= 11 is 0. The van der Waals surface area contributed by atoms with E-state index in [1.807, 2.05) is 36.4 Å². The van der Waals surface area contributed by atoms with Crippen molar-refractivity contribution in [1.82, 2.24) is 19.5 Å². The molecule has 4 aromatic heterocycles. The van der Waals surface area contributed by atoms with Crippen LogP contribution in [0.25, 0.3) is 105 Å². The quantitative estimate of drug-likeness (QED) is 0.180. The Morgan fingerprint density at radius 1 is 0.389 bits per heavy atom. The molecule has 0 saturated carbocycles. The Morgan fingerprint density at radius 3 is 1.57 bits per heavy atom. The average Bonchev–Trinajstić information content (AvgIpc) is 3.80. The van der Waals surface area contributed by atoms with Crippen molar-refractivity contribution in [2.24, 2.45) is 0 Å². The minimum absolute atomic E-state index is 0.645. The number of pyridine rings is 1. The first-order valence-electron chi connectivity index (χ1n) is 18.1. The fourth-order valence-electron chi connectivity index (χ4n) is 7.90. The Morgan fingerprint density at radius 2 is 0.907 bits per heavy atom. The minimum Gasteiger partial charge on any atom is -0.438 e. The molecule has 0 aliphatic heterocycles. The molecule has 4 heterocycles. The Labute approximate surface area is 310 Å². The van der Waals surface area contributed by atoms with Gasteiger partial charge in [0.25, 0.3) is 0 Å². The van der Waals surface area contributed by atoms with Gasteiger partial charge in [0.2, 0.25) is 5.71 Å². The first kappa shape index (κ1) is 30.3. The SMILES string of the molecule is c1ccc(-c2nc(-c3ccc(-c4nc5oc6ccccc6c5c5ccccc45)cc3)cc(-c3ccc(-n4c5ccccc5c5ccccc54)cc3)n2)cc1. The van der Waals surface area contributed by atoms with E-state index in [1.165, 1.54) is 21.8 Å². The molecule has 0 aliphatic carbocycles. The van der Waals surface area contributed by atoms with Gasteiger partial charge in [-0.05, 0) is 41.8 Å². The highest BCUT2D eigenvalue weighted by atomic mass is 16.3. The average molecular weight is 691 g/mol. The van der Waals surface area contributed by atoms with Crippen LogP contribution in [-0.2, 0) is 0 Å². The molecule has 0 saturated heterocycles. The molecule has 7 aromatic carbocycles. The van der Waals surface area contributed by atoms with Gasteiger partial charge in [0.05, 0.1) is 33.5 Å². The number of hydrogen-bond acceptors (Lipinski definition) is 4. The van der Waals surface area contributed by atoms with E-state index in [2.05, 4.69) is 150 Å². The lowest BCUT2D eigenvalue weighted by Gasteiger charge is -2.12. The third-order valence-corrected chi connectivity index (χ3v) is 10.5. The lowest BCUT2D eigenvalue weighted by atomic mass is 9.99. The van der Waals surface area contributed by atoms with Crippen molar-refractivity contribution in [2.45, 2.75) is 0 Å². The fourth-order valence-corrected chi connectivity index (χ4v) is 7.90. The van der Waals surface area contributed by atoms with E-state index in [0.29, 0.717) is 11.5 Å². The summed E-state index contributed by atoms with van der Waals surface area (Å²) < 4.78 is 8.60. The number of hydrogen-bond donors (Lipinski definition) is 0. The van der Waals surface area contributed by atoms with Crippen molar-refractivity contribution < 1.29 is 4.42 Å². The van der Waals surface area contributed by atoms with Crippen LogP contribution in [0.4, 0.5) is 0 Å². The molecule has 252 valence electrons. The molecule has 0 atom stereocenters. The summed E-state index contributed by atoms with van der Waals surface area (Å²) in [5, 5.41) is 6.83. The molecular formula is C49H30N4O. The van der Waals surface area contributed by atoms with Gasteiger partial charge in [0.1, 0.15) is 5.58 Å². The normalized spacial score (nSPS) is 11.7. The van der Waals surface area contributed by atoms with Crippen LogP contribution in [-0.4, -0.2) is 19.5 Å². The Bertz CT molecular complexity index is 3140. The second-order valence-electron chi connectivity index (χ2n) is 13.6. The molecule has 11 aromatic rings. The number of para-hydroxylation sites is 3. The molecule has 0 N–H and O–H groups in total. The van der Waals surface area contributed by atoms with Gasteiger partial charge in [-0.2, -0.15) is 0 Å². The van der Waals surface area contributed by atoms with Crippen molar-refractivity contribution in [3.8, 4) is 50.8 Å². The second-order valence-corrected chi connectivity index (χ2v) is 13.6. The topological polar surface area (TPSA) is 56.7 Å². The molecule has 54 heavy (non-hydrogen) atoms. The lowest BCUT2D eigenvalue weighted by Crippen LogP contribution is -1.97. The van der Waals surface area contributed by atoms with Gasteiger partial charge in [0, 0.05) is 49.5 Å². The van der Waals surface area contributed by atoms with Crippen molar-refractivity contribution in [3.05, 3.63) is 182 Å². The molecular weight excluding hydrogens is 661 g/mol. The van der Waals surface area contributed by atoms with E-state index < -0.39 is 0 Å². The van der Waals surface area contributed by atoms with Crippen molar-refractivity contribution in [1.29, 1.82) is 0 Å². The Balaban J connectivity index is 1.01. The largest absolute Gasteiger partial charge is 0.438 e. The highest BCUT2D eigenvalue weighted by molar-refractivity contribution is 6.20. The summed E-state index contributed by atoms with van der Waals surface area (Å²) in [5.41, 5.74) is 11.6. The summed E-state index contributed by atoms with van der Waals surface area (Å²) in [7, 11) is 0. The van der Waals surface area contributed by atoms with E-state index in [4.69, 9.17) is 19.4 Å². The van der Waals surface area contributed by atoms with E-state index in [0.717, 1.165) is 72.2 Å². The van der Waals surface area contributed by atoms with Gasteiger partial charge in [-0.15, -0.1) is 0 Å². The van der Waals surface area contributed by atoms with Gasteiger partial charge < -0.3 is 8.98 Å². The minimum atomic E-state index is 0.645. The van der Waals surface area contributed by atoms with Crippen LogP contribution < -0.4 is 0 Å². The summed E-state index contributed by atoms with van der Waals surface area (Å²) in [4.78, 5) is 15.3. The molecule has 0 fully saturated rings. The summed E-state index contributed by atoms with van der Waals surface area (Å²) in [6.07, 6.45) is 0. The highest BCUT2D eigenvalue weighted by Gasteiger charge is 2.17. The number of aromatic nitrogens is 4. The molecule has 0 radical (unpaired) electrons. The molecule has 0 bridgehead atoms. The number of nitrogens with zero attached hydrogens (tertiary/aromatic N) is 4. The first-order valence-corrected chi connectivity index (χ1v) is 18.1. The monoisotopic (exact) mass is 690 g/mol. The van der Waals surface area contributed by atoms with Gasteiger partial charge in [-0.25, -0.2) is 15.0 Å². The van der Waals surface area contributed by atoms with Crippen molar-refractivity contribution >= 4 is 54.6 Å². The first-order chi connectivity index (χ1) is 26.8. The predicted octanol–water partition coefficient (Wildman–Crippen LogP) is 12.7. The summed E-state index contributed by atoms with van der Waals surface area (Å²) in [6.45, 7) is 0. The fraction of sp³-hybridized carbons (Fsp3) is 0. The zero-order valence-corrected chi connectivity index (χ0v) is 29.0. The van der Waals surface area contributed by atoms with Crippen LogP contribution in [0.1, 0.15) is 0 Å². The predicted molar refractivity (Wildman–Crippen MR) is 221 cm³/mol. The maximum atomic E-state index is 6.26. The second kappa shape index (κ2) is 12.1. The van der Waals surface area contributed by atoms with E-state index in [-0.39, 0.29) is 0 Å².